The van der Waals surface area contributed by atoms with Crippen molar-refractivity contribution in [1.29, 1.82) is 0 Å². The van der Waals surface area contributed by atoms with E-state index in [4.69, 9.17) is 16.3 Å². The van der Waals surface area contributed by atoms with E-state index < -0.39 is 0 Å². The zero-order valence-electron chi connectivity index (χ0n) is 7.34. The van der Waals surface area contributed by atoms with Crippen LogP contribution in [-0.4, -0.2) is 17.1 Å². The Morgan fingerprint density at radius 1 is 1.33 bits per heavy atom. The highest BCUT2D eigenvalue weighted by molar-refractivity contribution is 6.28. The quantitative estimate of drug-likeness (QED) is 0.663. The van der Waals surface area contributed by atoms with Gasteiger partial charge in [-0.1, -0.05) is 0 Å². The lowest BCUT2D eigenvalue weighted by Crippen LogP contribution is -2.19. The Morgan fingerprint density at radius 2 is 1.83 bits per heavy atom. The molecule has 0 unspecified atom stereocenters. The molecule has 0 N–H and O–H groups in total. The van der Waals surface area contributed by atoms with Gasteiger partial charge in [-0.3, -0.25) is 0 Å². The molecule has 0 aliphatic rings. The van der Waals surface area contributed by atoms with Crippen LogP contribution in [0.3, 0.4) is 0 Å². The highest BCUT2D eigenvalue weighted by atomic mass is 35.5. The number of halogens is 1. The van der Waals surface area contributed by atoms with E-state index in [0.29, 0.717) is 0 Å². The molecule has 12 heavy (non-hydrogen) atoms. The maximum Gasteiger partial charge on any atom is 0.222 e. The minimum Gasteiger partial charge on any atom is -0.374 e. The predicted molar refractivity (Wildman–Crippen MR) is 47.1 cm³/mol. The van der Waals surface area contributed by atoms with Gasteiger partial charge in [0.2, 0.25) is 5.28 Å². The summed E-state index contributed by atoms with van der Waals surface area (Å²) in [6, 6.07) is 0. The van der Waals surface area contributed by atoms with E-state index in [1.807, 2.05) is 13.8 Å². The van der Waals surface area contributed by atoms with E-state index in [2.05, 4.69) is 9.97 Å². The SMILES string of the molecule is COC(C)(C)c1cnc(Cl)nc1. The number of hydrogen-bond acceptors (Lipinski definition) is 3. The molecule has 0 saturated carbocycles. The third kappa shape index (κ3) is 1.93. The highest BCUT2D eigenvalue weighted by Gasteiger charge is 2.19. The molecule has 0 spiro atoms. The lowest BCUT2D eigenvalue weighted by atomic mass is 10.0. The summed E-state index contributed by atoms with van der Waals surface area (Å²) in [5.41, 5.74) is 0.555. The molecule has 4 heteroatoms. The fourth-order valence-electron chi connectivity index (χ4n) is 0.741. The van der Waals surface area contributed by atoms with Crippen LogP contribution >= 0.6 is 11.6 Å². The summed E-state index contributed by atoms with van der Waals surface area (Å²) in [5.74, 6) is 0. The smallest absolute Gasteiger partial charge is 0.222 e. The summed E-state index contributed by atoms with van der Waals surface area (Å²) < 4.78 is 5.24. The lowest BCUT2D eigenvalue weighted by molar-refractivity contribution is 0.0186. The molecule has 0 bridgehead atoms. The Morgan fingerprint density at radius 3 is 2.25 bits per heavy atom. The van der Waals surface area contributed by atoms with Gasteiger partial charge in [0.05, 0.1) is 5.60 Å². The molecule has 1 heterocycles. The van der Waals surface area contributed by atoms with Crippen LogP contribution in [-0.2, 0) is 10.3 Å². The molecule has 3 nitrogen and oxygen atoms in total. The van der Waals surface area contributed by atoms with E-state index in [1.165, 1.54) is 0 Å². The zero-order valence-corrected chi connectivity index (χ0v) is 8.09. The van der Waals surface area contributed by atoms with Crippen LogP contribution in [0.4, 0.5) is 0 Å². The van der Waals surface area contributed by atoms with Crippen molar-refractivity contribution >= 4 is 11.6 Å². The average molecular weight is 187 g/mol. The summed E-state index contributed by atoms with van der Waals surface area (Å²) in [4.78, 5) is 7.74. The highest BCUT2D eigenvalue weighted by Crippen LogP contribution is 2.22. The molecular formula is C8H11ClN2O. The van der Waals surface area contributed by atoms with Gasteiger partial charge in [-0.25, -0.2) is 9.97 Å². The van der Waals surface area contributed by atoms with Crippen LogP contribution in [0.1, 0.15) is 19.4 Å². The third-order valence-electron chi connectivity index (χ3n) is 1.83. The Hall–Kier alpha value is -0.670. The molecule has 66 valence electrons. The number of hydrogen-bond donors (Lipinski definition) is 0. The van der Waals surface area contributed by atoms with Crippen molar-refractivity contribution < 1.29 is 4.74 Å². The summed E-state index contributed by atoms with van der Waals surface area (Å²) in [5, 5.41) is 0.255. The summed E-state index contributed by atoms with van der Waals surface area (Å²) >= 11 is 5.54. The summed E-state index contributed by atoms with van der Waals surface area (Å²) in [6.45, 7) is 3.89. The van der Waals surface area contributed by atoms with E-state index in [0.717, 1.165) is 5.56 Å². The van der Waals surface area contributed by atoms with Crippen LogP contribution < -0.4 is 0 Å². The summed E-state index contributed by atoms with van der Waals surface area (Å²) in [6.07, 6.45) is 3.33. The Balaban J connectivity index is 2.96. The Bertz CT molecular complexity index is 258. The van der Waals surface area contributed by atoms with Crippen LogP contribution in [0, 0.1) is 0 Å². The maximum atomic E-state index is 5.54. The molecule has 0 fully saturated rings. The largest absolute Gasteiger partial charge is 0.374 e. The van der Waals surface area contributed by atoms with Gasteiger partial charge in [-0.15, -0.1) is 0 Å². The first-order chi connectivity index (χ1) is 5.56. The van der Waals surface area contributed by atoms with Crippen molar-refractivity contribution in [2.75, 3.05) is 7.11 Å². The van der Waals surface area contributed by atoms with Crippen LogP contribution in [0.2, 0.25) is 5.28 Å². The fraction of sp³-hybridized carbons (Fsp3) is 0.500. The van der Waals surface area contributed by atoms with E-state index in [9.17, 15) is 0 Å². The first-order valence-corrected chi connectivity index (χ1v) is 3.97. The fourth-order valence-corrected chi connectivity index (χ4v) is 0.839. The van der Waals surface area contributed by atoms with Crippen molar-refractivity contribution in [3.05, 3.63) is 23.2 Å². The topological polar surface area (TPSA) is 35.0 Å². The number of rotatable bonds is 2. The van der Waals surface area contributed by atoms with Crippen LogP contribution in [0.15, 0.2) is 12.4 Å². The molecule has 0 amide bonds. The molecule has 0 saturated heterocycles. The van der Waals surface area contributed by atoms with Crippen molar-refractivity contribution in [3.63, 3.8) is 0 Å². The van der Waals surface area contributed by atoms with Gasteiger partial charge in [-0.05, 0) is 25.4 Å². The number of methoxy groups -OCH3 is 1. The van der Waals surface area contributed by atoms with Crippen LogP contribution in [0.5, 0.6) is 0 Å². The van der Waals surface area contributed by atoms with Gasteiger partial charge in [0.15, 0.2) is 0 Å². The standard InChI is InChI=1S/C8H11ClN2O/c1-8(2,12-3)6-4-10-7(9)11-5-6/h4-5H,1-3H3. The second kappa shape index (κ2) is 3.37. The van der Waals surface area contributed by atoms with Crippen molar-refractivity contribution in [1.82, 2.24) is 9.97 Å². The normalized spacial score (nSPS) is 11.7. The minimum absolute atomic E-state index is 0.255. The minimum atomic E-state index is -0.357. The van der Waals surface area contributed by atoms with E-state index >= 15 is 0 Å². The monoisotopic (exact) mass is 186 g/mol. The summed E-state index contributed by atoms with van der Waals surface area (Å²) in [7, 11) is 1.65. The van der Waals surface area contributed by atoms with Gasteiger partial charge < -0.3 is 4.74 Å². The Labute approximate surface area is 76.7 Å². The van der Waals surface area contributed by atoms with Gasteiger partial charge in [0.1, 0.15) is 0 Å². The molecule has 0 aliphatic carbocycles. The Kier molecular flexibility index (Phi) is 2.65. The second-order valence-electron chi connectivity index (χ2n) is 2.96. The first kappa shape index (κ1) is 9.42. The van der Waals surface area contributed by atoms with Gasteiger partial charge in [0, 0.05) is 25.1 Å². The molecule has 1 aromatic rings. The first-order valence-electron chi connectivity index (χ1n) is 3.59. The van der Waals surface area contributed by atoms with Gasteiger partial charge in [-0.2, -0.15) is 0 Å². The zero-order chi connectivity index (χ0) is 9.19. The number of aromatic nitrogens is 2. The molecule has 0 aromatic carbocycles. The van der Waals surface area contributed by atoms with Gasteiger partial charge >= 0.3 is 0 Å². The maximum absolute atomic E-state index is 5.54. The van der Waals surface area contributed by atoms with E-state index in [1.54, 1.807) is 19.5 Å². The molecular weight excluding hydrogens is 176 g/mol. The molecule has 0 atom stereocenters. The molecule has 0 aliphatic heterocycles. The average Bonchev–Trinajstić information content (AvgIpc) is 2.05. The van der Waals surface area contributed by atoms with Gasteiger partial charge in [0.25, 0.3) is 0 Å². The molecule has 1 aromatic heterocycles. The predicted octanol–water partition coefficient (Wildman–Crippen LogP) is 2.01. The van der Waals surface area contributed by atoms with Crippen molar-refractivity contribution in [3.8, 4) is 0 Å². The number of ether oxygens (including phenoxy) is 1. The lowest BCUT2D eigenvalue weighted by Gasteiger charge is -2.22. The van der Waals surface area contributed by atoms with Crippen LogP contribution in [0.25, 0.3) is 0 Å². The molecule has 1 rings (SSSR count). The van der Waals surface area contributed by atoms with Crippen molar-refractivity contribution in [2.24, 2.45) is 0 Å². The van der Waals surface area contributed by atoms with E-state index in [-0.39, 0.29) is 10.9 Å². The third-order valence-corrected chi connectivity index (χ3v) is 2.02. The number of nitrogens with zero attached hydrogens (tertiary/aromatic N) is 2. The van der Waals surface area contributed by atoms with Crippen molar-refractivity contribution in [2.45, 2.75) is 19.4 Å². The second-order valence-corrected chi connectivity index (χ2v) is 3.29. The molecule has 0 radical (unpaired) electrons.